The van der Waals surface area contributed by atoms with Crippen LogP contribution in [0.2, 0.25) is 0 Å². The van der Waals surface area contributed by atoms with E-state index >= 15 is 0 Å². The number of nitrogens with one attached hydrogen (secondary N) is 2. The number of aromatic nitrogens is 2. The first-order chi connectivity index (χ1) is 16.7. The van der Waals surface area contributed by atoms with E-state index in [4.69, 9.17) is 11.9 Å². The number of carbonyl (C=O) groups is 2. The zero-order valence-electron chi connectivity index (χ0n) is 19.7. The standard InChI is InChI=1S/C22H30ClFN6O5/c1-28-10-11-30(17(31)13-29(2)35-23)16(12-28)20-26-18(19(32)22(34)27-20)21(33)25-9-8-14-4-3-5-15(24)7-6-14/h6-7,16,32H,3-5,8-13H2,1-2H3,(H,25,33)(H,26,27,34). The molecule has 3 N–H and O–H groups in total. The van der Waals surface area contributed by atoms with Gasteiger partial charge in [-0.05, 0) is 38.8 Å². The zero-order chi connectivity index (χ0) is 25.5. The highest BCUT2D eigenvalue weighted by Crippen LogP contribution is 2.24. The molecule has 0 saturated carbocycles. The average molecular weight is 513 g/mol. The molecule has 0 aromatic carbocycles. The number of rotatable bonds is 8. The number of halogens is 2. The van der Waals surface area contributed by atoms with Gasteiger partial charge in [0.1, 0.15) is 18.4 Å². The quantitative estimate of drug-likeness (QED) is 0.445. The molecule has 1 atom stereocenters. The van der Waals surface area contributed by atoms with Crippen molar-refractivity contribution in [3.8, 4) is 5.75 Å². The van der Waals surface area contributed by atoms with Gasteiger partial charge in [0.15, 0.2) is 5.69 Å². The summed E-state index contributed by atoms with van der Waals surface area (Å²) in [6.07, 6.45) is 5.46. The van der Waals surface area contributed by atoms with E-state index < -0.39 is 29.0 Å². The number of carbonyl (C=O) groups excluding carboxylic acids is 2. The molecule has 192 valence electrons. The van der Waals surface area contributed by atoms with E-state index in [1.807, 2.05) is 11.9 Å². The van der Waals surface area contributed by atoms with Gasteiger partial charge in [0.2, 0.25) is 11.7 Å². The van der Waals surface area contributed by atoms with Gasteiger partial charge in [0.25, 0.3) is 11.5 Å². The first-order valence-corrected chi connectivity index (χ1v) is 11.6. The summed E-state index contributed by atoms with van der Waals surface area (Å²) in [6.45, 7) is 1.40. The SMILES string of the molecule is CN1CCN(C(=O)CN(C)OCl)C(c2nc(C(=O)NCCC3=CC=C(F)CCC3)c(O)c(=O)[nH]2)C1. The van der Waals surface area contributed by atoms with Crippen LogP contribution >= 0.6 is 11.9 Å². The lowest BCUT2D eigenvalue weighted by atomic mass is 10.1. The number of nitrogens with zero attached hydrogens (tertiary/aromatic N) is 4. The average Bonchev–Trinajstić information content (AvgIpc) is 3.04. The summed E-state index contributed by atoms with van der Waals surface area (Å²) in [4.78, 5) is 48.2. The Kier molecular flexibility index (Phi) is 9.38. The molecule has 1 aliphatic heterocycles. The molecule has 1 fully saturated rings. The minimum atomic E-state index is -0.880. The van der Waals surface area contributed by atoms with Crippen molar-refractivity contribution in [1.29, 1.82) is 0 Å². The molecule has 2 heterocycles. The molecule has 0 spiro atoms. The maximum absolute atomic E-state index is 13.4. The lowest BCUT2D eigenvalue weighted by molar-refractivity contribution is -0.144. The number of hydroxylamine groups is 2. The van der Waals surface area contributed by atoms with Gasteiger partial charge in [-0.3, -0.25) is 14.4 Å². The molecule has 2 aliphatic rings. The largest absolute Gasteiger partial charge is 0.501 e. The van der Waals surface area contributed by atoms with Crippen LogP contribution in [0.3, 0.4) is 0 Å². The number of hydrogen-bond acceptors (Lipinski definition) is 8. The summed E-state index contributed by atoms with van der Waals surface area (Å²) in [5, 5.41) is 14.0. The van der Waals surface area contributed by atoms with Crippen molar-refractivity contribution in [2.45, 2.75) is 31.7 Å². The number of hydrogen-bond donors (Lipinski definition) is 3. The van der Waals surface area contributed by atoms with Crippen LogP contribution in [0.25, 0.3) is 0 Å². The second-order valence-electron chi connectivity index (χ2n) is 8.67. The van der Waals surface area contributed by atoms with Crippen molar-refractivity contribution < 1.29 is 23.5 Å². The van der Waals surface area contributed by atoms with E-state index in [9.17, 15) is 23.9 Å². The summed E-state index contributed by atoms with van der Waals surface area (Å²) < 4.78 is 17.9. The topological polar surface area (TPSA) is 131 Å². The maximum Gasteiger partial charge on any atom is 0.294 e. The van der Waals surface area contributed by atoms with Crippen molar-refractivity contribution in [3.63, 3.8) is 0 Å². The lowest BCUT2D eigenvalue weighted by Crippen LogP contribution is -2.52. The maximum atomic E-state index is 13.4. The lowest BCUT2D eigenvalue weighted by Gasteiger charge is -2.39. The summed E-state index contributed by atoms with van der Waals surface area (Å²) in [5.74, 6) is -1.92. The zero-order valence-corrected chi connectivity index (χ0v) is 20.5. The van der Waals surface area contributed by atoms with Crippen molar-refractivity contribution in [2.24, 2.45) is 0 Å². The van der Waals surface area contributed by atoms with E-state index in [1.165, 1.54) is 18.0 Å². The Bertz CT molecular complexity index is 1060. The van der Waals surface area contributed by atoms with E-state index in [2.05, 4.69) is 19.7 Å². The van der Waals surface area contributed by atoms with Gasteiger partial charge in [-0.25, -0.2) is 9.37 Å². The fourth-order valence-corrected chi connectivity index (χ4v) is 4.09. The summed E-state index contributed by atoms with van der Waals surface area (Å²) in [5.41, 5.74) is -0.313. The third kappa shape index (κ3) is 7.10. The van der Waals surface area contributed by atoms with Crippen LogP contribution in [0, 0.1) is 0 Å². The minimum absolute atomic E-state index is 0.0828. The van der Waals surface area contributed by atoms with Crippen LogP contribution in [0.15, 0.2) is 28.3 Å². The highest BCUT2D eigenvalue weighted by molar-refractivity contribution is 6.07. The van der Waals surface area contributed by atoms with E-state index in [-0.39, 0.29) is 30.6 Å². The molecule has 1 aromatic rings. The molecule has 1 saturated heterocycles. The summed E-state index contributed by atoms with van der Waals surface area (Å²) in [7, 11) is 3.36. The first kappa shape index (κ1) is 26.8. The molecule has 0 bridgehead atoms. The van der Waals surface area contributed by atoms with Gasteiger partial charge in [0.05, 0.1) is 17.7 Å². The minimum Gasteiger partial charge on any atom is -0.501 e. The monoisotopic (exact) mass is 512 g/mol. The van der Waals surface area contributed by atoms with Crippen molar-refractivity contribution >= 4 is 23.7 Å². The van der Waals surface area contributed by atoms with Gasteiger partial charge >= 0.3 is 0 Å². The van der Waals surface area contributed by atoms with Crippen LogP contribution in [0.1, 0.15) is 48.0 Å². The highest BCUT2D eigenvalue weighted by Gasteiger charge is 2.33. The van der Waals surface area contributed by atoms with Crippen LogP contribution in [-0.2, 0) is 9.18 Å². The molecule has 3 rings (SSSR count). The normalized spacial score (nSPS) is 19.2. The molecule has 13 heteroatoms. The molecular formula is C22H30ClFN6O5. The second-order valence-corrected chi connectivity index (χ2v) is 8.80. The number of aromatic hydroxyl groups is 1. The Labute approximate surface area is 207 Å². The fraction of sp³-hybridized carbons (Fsp3) is 0.545. The number of piperazine rings is 1. The smallest absolute Gasteiger partial charge is 0.294 e. The third-order valence-corrected chi connectivity index (χ3v) is 6.20. The molecule has 0 radical (unpaired) electrons. The number of H-pyrrole nitrogens is 1. The highest BCUT2D eigenvalue weighted by atomic mass is 35.5. The second kappa shape index (κ2) is 12.2. The van der Waals surface area contributed by atoms with Gasteiger partial charge < -0.3 is 25.2 Å². The molecule has 35 heavy (non-hydrogen) atoms. The molecule has 1 aliphatic carbocycles. The van der Waals surface area contributed by atoms with Crippen LogP contribution < -0.4 is 10.9 Å². The number of aromatic amines is 1. The number of allylic oxidation sites excluding steroid dienone is 3. The van der Waals surface area contributed by atoms with Gasteiger partial charge in [-0.1, -0.05) is 11.6 Å². The Morgan fingerprint density at radius 1 is 1.37 bits per heavy atom. The fourth-order valence-electron chi connectivity index (χ4n) is 4.05. The Hall–Kier alpha value is -2.80. The van der Waals surface area contributed by atoms with Gasteiger partial charge in [-0.15, -0.1) is 0 Å². The molecule has 1 aromatic heterocycles. The van der Waals surface area contributed by atoms with E-state index in [1.54, 1.807) is 6.08 Å². The first-order valence-electron chi connectivity index (χ1n) is 11.3. The molecule has 2 amide bonds. The number of likely N-dealkylation sites (N-methyl/N-ethyl adjacent to an activating group) is 2. The van der Waals surface area contributed by atoms with Gasteiger partial charge in [0, 0.05) is 33.2 Å². The van der Waals surface area contributed by atoms with E-state index in [0.717, 1.165) is 17.1 Å². The van der Waals surface area contributed by atoms with E-state index in [0.29, 0.717) is 38.9 Å². The predicted octanol–water partition coefficient (Wildman–Crippen LogP) is 1.39. The molecule has 1 unspecified atom stereocenters. The Balaban J connectivity index is 1.77. The summed E-state index contributed by atoms with van der Waals surface area (Å²) in [6, 6.07) is -0.664. The molecular weight excluding hydrogens is 483 g/mol. The van der Waals surface area contributed by atoms with Crippen molar-refractivity contribution in [1.82, 2.24) is 30.1 Å². The van der Waals surface area contributed by atoms with Gasteiger partial charge in [-0.2, -0.15) is 9.45 Å². The Morgan fingerprint density at radius 3 is 2.89 bits per heavy atom. The van der Waals surface area contributed by atoms with Crippen molar-refractivity contribution in [3.05, 3.63) is 45.4 Å². The third-order valence-electron chi connectivity index (χ3n) is 5.97. The Morgan fingerprint density at radius 2 is 2.14 bits per heavy atom. The molecule has 11 nitrogen and oxygen atoms in total. The number of amides is 2. The van der Waals surface area contributed by atoms with Crippen LogP contribution in [-0.4, -0.2) is 88.6 Å². The van der Waals surface area contributed by atoms with Crippen LogP contribution in [0.5, 0.6) is 5.75 Å². The summed E-state index contributed by atoms with van der Waals surface area (Å²) >= 11 is 5.30. The van der Waals surface area contributed by atoms with Crippen LogP contribution in [0.4, 0.5) is 4.39 Å². The van der Waals surface area contributed by atoms with Crippen molar-refractivity contribution in [2.75, 3.05) is 46.8 Å². The predicted molar refractivity (Wildman–Crippen MR) is 126 cm³/mol.